The molecule has 2 aliphatic heterocycles. The molecule has 2 aliphatic rings. The summed E-state index contributed by atoms with van der Waals surface area (Å²) in [7, 11) is 1.60. The number of halogens is 5. The molecular weight excluding hydrogens is 503 g/mol. The Morgan fingerprint density at radius 2 is 1.92 bits per heavy atom. The molecule has 2 saturated heterocycles. The van der Waals surface area contributed by atoms with Crippen molar-refractivity contribution in [1.82, 2.24) is 20.0 Å². The quantitative estimate of drug-likeness (QED) is 0.565. The molecule has 1 aromatic carbocycles. The van der Waals surface area contributed by atoms with E-state index >= 15 is 0 Å². The van der Waals surface area contributed by atoms with Gasteiger partial charge in [0, 0.05) is 38.3 Å². The van der Waals surface area contributed by atoms with E-state index < -0.39 is 23.5 Å². The fraction of sp³-hybridized carbons (Fsp3) is 0.542. The first-order valence-corrected chi connectivity index (χ1v) is 11.6. The Morgan fingerprint density at radius 1 is 1.22 bits per heavy atom. The number of methoxy groups -OCH3 is 1. The molecule has 4 rings (SSSR count). The number of H-pyrrole nitrogens is 1. The summed E-state index contributed by atoms with van der Waals surface area (Å²) in [6, 6.07) is 9.40. The molecule has 0 bridgehead atoms. The summed E-state index contributed by atoms with van der Waals surface area (Å²) in [5, 5.41) is 14.2. The van der Waals surface area contributed by atoms with Crippen LogP contribution in [-0.4, -0.2) is 75.8 Å². The molecule has 1 unspecified atom stereocenters. The van der Waals surface area contributed by atoms with E-state index in [1.807, 2.05) is 37.3 Å². The Hall–Kier alpha value is -3.22. The van der Waals surface area contributed by atoms with Gasteiger partial charge in [0.15, 0.2) is 0 Å². The van der Waals surface area contributed by atoms with E-state index in [-0.39, 0.29) is 18.9 Å². The minimum Gasteiger partial charge on any atom is -0.497 e. The second-order valence-corrected chi connectivity index (χ2v) is 9.49. The third-order valence-electron chi connectivity index (χ3n) is 6.30. The number of aromatic amines is 1. The van der Waals surface area contributed by atoms with Crippen molar-refractivity contribution in [3.05, 3.63) is 47.3 Å². The van der Waals surface area contributed by atoms with Gasteiger partial charge in [0.2, 0.25) is 5.91 Å². The fourth-order valence-corrected chi connectivity index (χ4v) is 4.92. The molecule has 1 spiro atoms. The molecule has 2 N–H and O–H groups in total. The number of alkyl halides is 5. The first-order valence-electron chi connectivity index (χ1n) is 11.6. The zero-order valence-electron chi connectivity index (χ0n) is 20.4. The average molecular weight is 533 g/mol. The van der Waals surface area contributed by atoms with E-state index in [4.69, 9.17) is 14.6 Å². The number of aromatic nitrogens is 2. The Bertz CT molecular complexity index is 1110. The molecule has 0 aliphatic carbocycles. The number of rotatable bonds is 5. The minimum atomic E-state index is -5.08. The third kappa shape index (κ3) is 7.40. The van der Waals surface area contributed by atoms with Crippen LogP contribution in [0.15, 0.2) is 30.3 Å². The summed E-state index contributed by atoms with van der Waals surface area (Å²) in [5.41, 5.74) is 1.49. The monoisotopic (exact) mass is 532 g/mol. The van der Waals surface area contributed by atoms with Gasteiger partial charge in [-0.1, -0.05) is 12.1 Å². The number of benzene rings is 1. The SMILES string of the molecule is COc1cccc(CN2CCCC3(CN(Cc4cc(C)[nH]n4)CC(F)(F)C3)C2=O)c1.O=C(O)C(F)(F)F. The largest absolute Gasteiger partial charge is 0.497 e. The van der Waals surface area contributed by atoms with Crippen molar-refractivity contribution >= 4 is 11.9 Å². The number of piperidine rings is 2. The normalized spacial score (nSPS) is 21.9. The highest BCUT2D eigenvalue weighted by Gasteiger charge is 2.55. The highest BCUT2D eigenvalue weighted by Crippen LogP contribution is 2.45. The predicted molar refractivity (Wildman–Crippen MR) is 122 cm³/mol. The number of ether oxygens (including phenoxy) is 1. The number of amides is 1. The molecule has 0 radical (unpaired) electrons. The van der Waals surface area contributed by atoms with Gasteiger partial charge < -0.3 is 14.7 Å². The summed E-state index contributed by atoms with van der Waals surface area (Å²) in [6.07, 6.45) is -4.25. The zero-order chi connectivity index (χ0) is 27.4. The lowest BCUT2D eigenvalue weighted by atomic mass is 9.71. The molecule has 13 heteroatoms. The highest BCUT2D eigenvalue weighted by molar-refractivity contribution is 5.84. The maximum Gasteiger partial charge on any atom is 0.490 e. The van der Waals surface area contributed by atoms with Crippen LogP contribution in [0.3, 0.4) is 0 Å². The summed E-state index contributed by atoms with van der Waals surface area (Å²) < 4.78 is 66.5. The lowest BCUT2D eigenvalue weighted by Crippen LogP contribution is -2.60. The van der Waals surface area contributed by atoms with Crippen LogP contribution in [0.5, 0.6) is 5.75 Å². The Labute approximate surface area is 210 Å². The van der Waals surface area contributed by atoms with Crippen LogP contribution in [0, 0.1) is 12.3 Å². The summed E-state index contributed by atoms with van der Waals surface area (Å²) in [5.74, 6) is -5.11. The van der Waals surface area contributed by atoms with E-state index in [1.165, 1.54) is 0 Å². The molecule has 1 amide bonds. The number of likely N-dealkylation sites (tertiary alicyclic amines) is 2. The van der Waals surface area contributed by atoms with Crippen molar-refractivity contribution in [1.29, 1.82) is 0 Å². The lowest BCUT2D eigenvalue weighted by molar-refractivity contribution is -0.192. The third-order valence-corrected chi connectivity index (χ3v) is 6.30. The Kier molecular flexibility index (Phi) is 8.45. The van der Waals surface area contributed by atoms with Crippen molar-refractivity contribution in [2.75, 3.05) is 26.7 Å². The van der Waals surface area contributed by atoms with Gasteiger partial charge in [-0.05, 0) is 43.5 Å². The number of carbonyl (C=O) groups excluding carboxylic acids is 1. The molecule has 2 fully saturated rings. The number of carboxylic acids is 1. The molecule has 8 nitrogen and oxygen atoms in total. The van der Waals surface area contributed by atoms with Crippen LogP contribution in [0.2, 0.25) is 0 Å². The molecule has 0 saturated carbocycles. The molecule has 37 heavy (non-hydrogen) atoms. The average Bonchev–Trinajstić information content (AvgIpc) is 3.20. The van der Waals surface area contributed by atoms with Gasteiger partial charge in [0.25, 0.3) is 5.92 Å². The summed E-state index contributed by atoms with van der Waals surface area (Å²) in [4.78, 5) is 25.8. The second kappa shape index (κ2) is 11.0. The minimum absolute atomic E-state index is 0.167. The van der Waals surface area contributed by atoms with Crippen LogP contribution in [0.4, 0.5) is 22.0 Å². The smallest absolute Gasteiger partial charge is 0.490 e. The number of aryl methyl sites for hydroxylation is 1. The lowest BCUT2D eigenvalue weighted by Gasteiger charge is -2.49. The standard InChI is InChI=1S/C22H28F2N4O2.C2HF3O2/c1-16-9-18(26-25-16)12-27-14-21(13-22(23,24)15-27)7-4-8-28(20(21)29)11-17-5-3-6-19(10-17)30-2;3-2(4,5)1(6)7/h3,5-6,9-10H,4,7-8,11-15H2,1-2H3,(H,25,26);(H,6,7). The van der Waals surface area contributed by atoms with E-state index in [0.29, 0.717) is 32.6 Å². The van der Waals surface area contributed by atoms with Crippen molar-refractivity contribution in [3.8, 4) is 5.75 Å². The summed E-state index contributed by atoms with van der Waals surface area (Å²) in [6.45, 7) is 3.17. The van der Waals surface area contributed by atoms with Crippen molar-refractivity contribution < 1.29 is 41.4 Å². The maximum absolute atomic E-state index is 14.8. The number of hydrogen-bond donors (Lipinski definition) is 2. The van der Waals surface area contributed by atoms with E-state index in [1.54, 1.807) is 16.9 Å². The maximum atomic E-state index is 14.8. The van der Waals surface area contributed by atoms with Crippen LogP contribution in [0.1, 0.15) is 36.2 Å². The topological polar surface area (TPSA) is 98.8 Å². The van der Waals surface area contributed by atoms with Crippen molar-refractivity contribution in [2.45, 2.75) is 51.4 Å². The van der Waals surface area contributed by atoms with Gasteiger partial charge in [-0.25, -0.2) is 13.6 Å². The van der Waals surface area contributed by atoms with E-state index in [9.17, 15) is 26.7 Å². The predicted octanol–water partition coefficient (Wildman–Crippen LogP) is 4.01. The summed E-state index contributed by atoms with van der Waals surface area (Å²) >= 11 is 0. The molecule has 1 aromatic heterocycles. The fourth-order valence-electron chi connectivity index (χ4n) is 4.92. The van der Waals surface area contributed by atoms with Crippen LogP contribution in [0.25, 0.3) is 0 Å². The van der Waals surface area contributed by atoms with Gasteiger partial charge >= 0.3 is 12.1 Å². The first kappa shape index (κ1) is 28.4. The zero-order valence-corrected chi connectivity index (χ0v) is 20.4. The van der Waals surface area contributed by atoms with Crippen LogP contribution >= 0.6 is 0 Å². The molecule has 3 heterocycles. The Morgan fingerprint density at radius 3 is 2.51 bits per heavy atom. The second-order valence-electron chi connectivity index (χ2n) is 9.49. The van der Waals surface area contributed by atoms with Crippen LogP contribution in [-0.2, 0) is 22.7 Å². The number of hydrogen-bond acceptors (Lipinski definition) is 5. The molecule has 1 atom stereocenters. The van der Waals surface area contributed by atoms with E-state index in [0.717, 1.165) is 29.1 Å². The number of carbonyl (C=O) groups is 2. The van der Waals surface area contributed by atoms with Gasteiger partial charge in [-0.2, -0.15) is 18.3 Å². The first-order chi connectivity index (χ1) is 17.2. The molecule has 204 valence electrons. The highest BCUT2D eigenvalue weighted by atomic mass is 19.4. The van der Waals surface area contributed by atoms with Crippen LogP contribution < -0.4 is 4.74 Å². The number of aliphatic carboxylic acids is 1. The van der Waals surface area contributed by atoms with Gasteiger partial charge in [-0.15, -0.1) is 0 Å². The Balaban J connectivity index is 0.000000479. The number of nitrogens with one attached hydrogen (secondary N) is 1. The van der Waals surface area contributed by atoms with Crippen molar-refractivity contribution in [2.24, 2.45) is 5.41 Å². The molecule has 2 aromatic rings. The van der Waals surface area contributed by atoms with Gasteiger partial charge in [0.05, 0.1) is 24.8 Å². The molecular formula is C24H29F5N4O4. The number of carboxylic acid groups (broad SMARTS) is 1. The van der Waals surface area contributed by atoms with Crippen molar-refractivity contribution in [3.63, 3.8) is 0 Å². The van der Waals surface area contributed by atoms with Gasteiger partial charge in [-0.3, -0.25) is 14.8 Å². The van der Waals surface area contributed by atoms with E-state index in [2.05, 4.69) is 10.2 Å². The number of nitrogens with zero attached hydrogens (tertiary/aromatic N) is 3. The van der Waals surface area contributed by atoms with Gasteiger partial charge in [0.1, 0.15) is 5.75 Å².